The predicted octanol–water partition coefficient (Wildman–Crippen LogP) is 2.16. The summed E-state index contributed by atoms with van der Waals surface area (Å²) >= 11 is 0. The zero-order chi connectivity index (χ0) is 24.0. The summed E-state index contributed by atoms with van der Waals surface area (Å²) < 4.78 is 0. The highest BCUT2D eigenvalue weighted by molar-refractivity contribution is 5.89. The fourth-order valence-corrected chi connectivity index (χ4v) is 2.53. The molecular formula is C24H30N2O6. The third-order valence-electron chi connectivity index (χ3n) is 4.26. The minimum absolute atomic E-state index is 0.000294. The number of carbonyl (C=O) groups excluding carboxylic acids is 1. The average Bonchev–Trinajstić information content (AvgIpc) is 2.76. The second-order valence-electron chi connectivity index (χ2n) is 7.64. The summed E-state index contributed by atoms with van der Waals surface area (Å²) in [6, 6.07) is 19.2. The molecule has 8 heteroatoms. The van der Waals surface area contributed by atoms with Crippen molar-refractivity contribution in [3.63, 3.8) is 0 Å². The molecule has 0 heterocycles. The van der Waals surface area contributed by atoms with E-state index in [1.807, 2.05) is 74.5 Å². The summed E-state index contributed by atoms with van der Waals surface area (Å²) in [5, 5.41) is 32.1. The summed E-state index contributed by atoms with van der Waals surface area (Å²) in [4.78, 5) is 31.1. The number of aliphatic hydroxyl groups is 1. The Morgan fingerprint density at radius 1 is 0.906 bits per heavy atom. The quantitative estimate of drug-likeness (QED) is 0.356. The first kappa shape index (κ1) is 26.5. The van der Waals surface area contributed by atoms with E-state index in [-0.39, 0.29) is 11.4 Å². The van der Waals surface area contributed by atoms with Crippen LogP contribution in [-0.4, -0.2) is 51.8 Å². The van der Waals surface area contributed by atoms with Crippen LogP contribution >= 0.6 is 0 Å². The van der Waals surface area contributed by atoms with Gasteiger partial charge in [-0.1, -0.05) is 60.7 Å². The zero-order valence-electron chi connectivity index (χ0n) is 18.2. The molecule has 0 aliphatic rings. The second kappa shape index (κ2) is 13.7. The molecule has 0 radical (unpaired) electrons. The molecule has 1 atom stereocenters. The zero-order valence-corrected chi connectivity index (χ0v) is 18.2. The normalized spacial score (nSPS) is 11.8. The average molecular weight is 443 g/mol. The van der Waals surface area contributed by atoms with Crippen molar-refractivity contribution >= 4 is 17.8 Å². The van der Waals surface area contributed by atoms with Crippen LogP contribution in [0.1, 0.15) is 31.1 Å². The summed E-state index contributed by atoms with van der Waals surface area (Å²) in [6.45, 7) is 4.95. The number of amides is 1. The molecule has 2 rings (SSSR count). The highest BCUT2D eigenvalue weighted by Crippen LogP contribution is 2.12. The number of hydrogen-bond donors (Lipinski definition) is 5. The Labute approximate surface area is 187 Å². The first-order chi connectivity index (χ1) is 15.1. The highest BCUT2D eigenvalue weighted by atomic mass is 16.4. The maximum Gasteiger partial charge on any atom is 0.328 e. The molecule has 1 unspecified atom stereocenters. The number of β-amino-alcohol motifs (C(OH)–C–C–N with tert-alkyl or cyclic N) is 1. The minimum atomic E-state index is -1.26. The minimum Gasteiger partial charge on any atom is -0.478 e. The van der Waals surface area contributed by atoms with Gasteiger partial charge in [0.05, 0.1) is 12.5 Å². The number of aliphatic carboxylic acids is 2. The Morgan fingerprint density at radius 2 is 1.41 bits per heavy atom. The summed E-state index contributed by atoms with van der Waals surface area (Å²) in [5.74, 6) is -2.51. The van der Waals surface area contributed by atoms with Crippen molar-refractivity contribution in [3.05, 3.63) is 83.9 Å². The van der Waals surface area contributed by atoms with E-state index in [1.54, 1.807) is 0 Å². The monoisotopic (exact) mass is 442 g/mol. The molecule has 0 bridgehead atoms. The number of aliphatic hydroxyl groups excluding tert-OH is 1. The van der Waals surface area contributed by atoms with Crippen molar-refractivity contribution in [1.82, 2.24) is 10.6 Å². The number of carboxylic acids is 2. The molecule has 0 spiro atoms. The van der Waals surface area contributed by atoms with E-state index in [2.05, 4.69) is 10.6 Å². The Morgan fingerprint density at radius 3 is 1.91 bits per heavy atom. The molecule has 2 aromatic carbocycles. The number of hydrogen-bond acceptors (Lipinski definition) is 5. The molecule has 0 saturated heterocycles. The molecular weight excluding hydrogens is 412 g/mol. The topological polar surface area (TPSA) is 136 Å². The Bertz CT molecular complexity index is 866. The van der Waals surface area contributed by atoms with Gasteiger partial charge in [0.15, 0.2) is 0 Å². The molecule has 0 fully saturated rings. The Kier molecular flexibility index (Phi) is 11.4. The van der Waals surface area contributed by atoms with Gasteiger partial charge in [0.2, 0.25) is 5.91 Å². The van der Waals surface area contributed by atoms with Crippen LogP contribution in [0.3, 0.4) is 0 Å². The van der Waals surface area contributed by atoms with E-state index >= 15 is 0 Å². The number of carboxylic acid groups (broad SMARTS) is 2. The molecule has 0 aliphatic heterocycles. The standard InChI is InChI=1S/C20H26N2O2.C4H4O4/c1-20(2,22-14-18(23)17-11-7-4-8-12-17)15-21-19(24)13-16-9-5-3-6-10-16;5-3(6)1-2-4(7)8/h3-12,18,22-23H,13-15H2,1-2H3,(H,21,24);1-2H,(H,5,6)(H,7,8)/b;2-1+. The molecule has 0 aromatic heterocycles. The molecule has 0 aliphatic carbocycles. The molecule has 32 heavy (non-hydrogen) atoms. The van der Waals surface area contributed by atoms with Gasteiger partial charge in [0.25, 0.3) is 0 Å². The second-order valence-corrected chi connectivity index (χ2v) is 7.64. The third kappa shape index (κ3) is 12.3. The van der Waals surface area contributed by atoms with Crippen LogP contribution in [0.15, 0.2) is 72.8 Å². The van der Waals surface area contributed by atoms with Crippen molar-refractivity contribution in [3.8, 4) is 0 Å². The van der Waals surface area contributed by atoms with Crippen LogP contribution in [-0.2, 0) is 20.8 Å². The lowest BCUT2D eigenvalue weighted by Gasteiger charge is -2.28. The maximum atomic E-state index is 12.0. The lowest BCUT2D eigenvalue weighted by Crippen LogP contribution is -2.50. The van der Waals surface area contributed by atoms with Gasteiger partial charge in [-0.05, 0) is 25.0 Å². The Hall–Kier alpha value is -3.49. The predicted molar refractivity (Wildman–Crippen MR) is 121 cm³/mol. The molecule has 0 saturated carbocycles. The van der Waals surface area contributed by atoms with E-state index < -0.39 is 18.0 Å². The lowest BCUT2D eigenvalue weighted by atomic mass is 10.0. The first-order valence-electron chi connectivity index (χ1n) is 10.0. The number of carbonyl (C=O) groups is 3. The molecule has 8 nitrogen and oxygen atoms in total. The van der Waals surface area contributed by atoms with Crippen molar-refractivity contribution < 1.29 is 29.7 Å². The van der Waals surface area contributed by atoms with Crippen LogP contribution in [0, 0.1) is 0 Å². The van der Waals surface area contributed by atoms with E-state index in [9.17, 15) is 19.5 Å². The van der Waals surface area contributed by atoms with Gasteiger partial charge in [-0.15, -0.1) is 0 Å². The molecule has 5 N–H and O–H groups in total. The lowest BCUT2D eigenvalue weighted by molar-refractivity contribution is -0.134. The fourth-order valence-electron chi connectivity index (χ4n) is 2.53. The van der Waals surface area contributed by atoms with E-state index in [0.29, 0.717) is 31.7 Å². The molecule has 172 valence electrons. The highest BCUT2D eigenvalue weighted by Gasteiger charge is 2.20. The molecule has 2 aromatic rings. The van der Waals surface area contributed by atoms with E-state index in [4.69, 9.17) is 10.2 Å². The van der Waals surface area contributed by atoms with E-state index in [1.165, 1.54) is 0 Å². The van der Waals surface area contributed by atoms with Gasteiger partial charge in [0.1, 0.15) is 0 Å². The number of rotatable bonds is 10. The first-order valence-corrected chi connectivity index (χ1v) is 10.0. The summed E-state index contributed by atoms with van der Waals surface area (Å²) in [6.07, 6.45) is 0.930. The fraction of sp³-hybridized carbons (Fsp3) is 0.292. The van der Waals surface area contributed by atoms with Crippen molar-refractivity contribution in [2.45, 2.75) is 31.9 Å². The largest absolute Gasteiger partial charge is 0.478 e. The van der Waals surface area contributed by atoms with Crippen molar-refractivity contribution in [1.29, 1.82) is 0 Å². The summed E-state index contributed by atoms with van der Waals surface area (Å²) in [7, 11) is 0. The maximum absolute atomic E-state index is 12.0. The number of nitrogens with one attached hydrogen (secondary N) is 2. The van der Waals surface area contributed by atoms with Gasteiger partial charge in [-0.25, -0.2) is 9.59 Å². The van der Waals surface area contributed by atoms with Gasteiger partial charge >= 0.3 is 11.9 Å². The van der Waals surface area contributed by atoms with Gasteiger partial charge in [-0.3, -0.25) is 4.79 Å². The SMILES string of the molecule is CC(C)(CNC(=O)Cc1ccccc1)NCC(O)c1ccccc1.O=C(O)/C=C/C(=O)O. The van der Waals surface area contributed by atoms with Crippen LogP contribution in [0.25, 0.3) is 0 Å². The van der Waals surface area contributed by atoms with Crippen LogP contribution in [0.4, 0.5) is 0 Å². The van der Waals surface area contributed by atoms with Crippen LogP contribution in [0.2, 0.25) is 0 Å². The van der Waals surface area contributed by atoms with Gasteiger partial charge < -0.3 is 26.0 Å². The smallest absolute Gasteiger partial charge is 0.328 e. The third-order valence-corrected chi connectivity index (χ3v) is 4.26. The molecule has 1 amide bonds. The Balaban J connectivity index is 0.000000547. The van der Waals surface area contributed by atoms with Crippen LogP contribution in [0.5, 0.6) is 0 Å². The van der Waals surface area contributed by atoms with Crippen molar-refractivity contribution in [2.75, 3.05) is 13.1 Å². The van der Waals surface area contributed by atoms with Crippen LogP contribution < -0.4 is 10.6 Å². The van der Waals surface area contributed by atoms with E-state index in [0.717, 1.165) is 11.1 Å². The number of benzene rings is 2. The summed E-state index contributed by atoms with van der Waals surface area (Å²) in [5.41, 5.74) is 1.58. The van der Waals surface area contributed by atoms with Crippen molar-refractivity contribution in [2.24, 2.45) is 0 Å². The van der Waals surface area contributed by atoms with Gasteiger partial charge in [0, 0.05) is 30.8 Å². The van der Waals surface area contributed by atoms with Gasteiger partial charge in [-0.2, -0.15) is 0 Å².